The number of imidazole rings is 1. The fourth-order valence-corrected chi connectivity index (χ4v) is 9.29. The third-order valence-corrected chi connectivity index (χ3v) is 12.0. The number of nitrogens with zero attached hydrogens (tertiary/aromatic N) is 5. The maximum atomic E-state index is 5.20. The Kier molecular flexibility index (Phi) is 8.42. The van der Waals surface area contributed by atoms with Gasteiger partial charge in [0.05, 0.1) is 22.1 Å². The van der Waals surface area contributed by atoms with Crippen molar-refractivity contribution in [3.05, 3.63) is 237 Å². The molecule has 2 aromatic heterocycles. The van der Waals surface area contributed by atoms with Crippen molar-refractivity contribution in [1.29, 1.82) is 0 Å². The molecule has 0 unspecified atom stereocenters. The minimum Gasteiger partial charge on any atom is -0.310 e. The second-order valence-electron chi connectivity index (χ2n) is 15.7. The zero-order valence-corrected chi connectivity index (χ0v) is 33.8. The van der Waals surface area contributed by atoms with E-state index in [1.807, 2.05) is 0 Å². The predicted molar refractivity (Wildman–Crippen MR) is 259 cm³/mol. The first-order valence-electron chi connectivity index (χ1n) is 21.1. The topological polar surface area (TPSA) is 29.2 Å². The van der Waals surface area contributed by atoms with Crippen LogP contribution in [-0.4, -0.2) is 14.1 Å². The number of anilines is 6. The standard InChI is InChI=1S/C57H39N5/c1-6-18-43(19-7-1)59(44-20-8-2-9-21-44)49-36-41-30-31-42-37-50(60(45-22-10-3-11-23-45)46-24-12-4-13-25-46)39-54-56(42)55(41)53(38-49)61(54)48-34-32-40(33-35-48)57-58-51-28-16-17-29-52(51)62(57)47-26-14-5-15-27-47/h1-39H. The van der Waals surface area contributed by atoms with Crippen molar-refractivity contribution < 1.29 is 0 Å². The third kappa shape index (κ3) is 5.90. The van der Waals surface area contributed by atoms with Gasteiger partial charge in [0.2, 0.25) is 0 Å². The van der Waals surface area contributed by atoms with E-state index in [0.29, 0.717) is 0 Å². The van der Waals surface area contributed by atoms with Crippen LogP contribution in [0.15, 0.2) is 237 Å². The van der Waals surface area contributed by atoms with Crippen molar-refractivity contribution in [3.63, 3.8) is 0 Å². The van der Waals surface area contributed by atoms with E-state index < -0.39 is 0 Å². The zero-order valence-electron chi connectivity index (χ0n) is 33.8. The average molecular weight is 794 g/mol. The lowest BCUT2D eigenvalue weighted by molar-refractivity contribution is 1.10. The fourth-order valence-electron chi connectivity index (χ4n) is 9.29. The first-order valence-corrected chi connectivity index (χ1v) is 21.1. The van der Waals surface area contributed by atoms with Gasteiger partial charge < -0.3 is 14.4 Å². The molecule has 10 aromatic carbocycles. The van der Waals surface area contributed by atoms with Gasteiger partial charge in [0, 0.05) is 61.8 Å². The Labute approximate surface area is 359 Å². The normalized spacial score (nSPS) is 11.5. The van der Waals surface area contributed by atoms with Crippen LogP contribution in [-0.2, 0) is 0 Å². The van der Waals surface area contributed by atoms with E-state index in [0.717, 1.165) is 79.0 Å². The molecule has 0 saturated heterocycles. The Morgan fingerprint density at radius 2 is 0.710 bits per heavy atom. The molecular weight excluding hydrogens is 755 g/mol. The summed E-state index contributed by atoms with van der Waals surface area (Å²) in [5, 5.41) is 4.87. The Bertz CT molecular complexity index is 3260. The first kappa shape index (κ1) is 35.5. The molecule has 0 atom stereocenters. The van der Waals surface area contributed by atoms with Crippen molar-refractivity contribution in [2.75, 3.05) is 9.80 Å². The molecule has 0 aliphatic rings. The predicted octanol–water partition coefficient (Wildman–Crippen LogP) is 15.3. The number of benzene rings is 10. The smallest absolute Gasteiger partial charge is 0.145 e. The Balaban J connectivity index is 1.12. The van der Waals surface area contributed by atoms with Crippen LogP contribution in [0.3, 0.4) is 0 Å². The molecule has 0 bridgehead atoms. The summed E-state index contributed by atoms with van der Waals surface area (Å²) in [5.74, 6) is 0.908. The minimum atomic E-state index is 0.908. The molecule has 62 heavy (non-hydrogen) atoms. The van der Waals surface area contributed by atoms with Gasteiger partial charge in [-0.3, -0.25) is 4.57 Å². The largest absolute Gasteiger partial charge is 0.310 e. The molecule has 12 aromatic rings. The SMILES string of the molecule is c1ccc(N(c2ccccc2)c2cc3ccc4cc(N(c5ccccc5)c5ccccc5)cc5c4c3c(c2)n5-c2ccc(-c3nc4ccccc4n3-c3ccccc3)cc2)cc1. The van der Waals surface area contributed by atoms with Crippen LogP contribution in [0.4, 0.5) is 34.1 Å². The molecule has 5 nitrogen and oxygen atoms in total. The lowest BCUT2D eigenvalue weighted by atomic mass is 10.00. The maximum absolute atomic E-state index is 5.20. The Morgan fingerprint density at radius 3 is 1.18 bits per heavy atom. The van der Waals surface area contributed by atoms with Crippen molar-refractivity contribution in [2.45, 2.75) is 0 Å². The summed E-state index contributed by atoms with van der Waals surface area (Å²) in [6, 6.07) is 84.5. The summed E-state index contributed by atoms with van der Waals surface area (Å²) in [6.45, 7) is 0. The molecule has 0 aliphatic carbocycles. The number of aromatic nitrogens is 3. The van der Waals surface area contributed by atoms with E-state index in [1.54, 1.807) is 0 Å². The van der Waals surface area contributed by atoms with Crippen molar-refractivity contribution >= 4 is 77.7 Å². The highest BCUT2D eigenvalue weighted by atomic mass is 15.2. The van der Waals surface area contributed by atoms with Gasteiger partial charge in [-0.1, -0.05) is 115 Å². The average Bonchev–Trinajstić information content (AvgIpc) is 3.89. The lowest BCUT2D eigenvalue weighted by Gasteiger charge is -2.26. The van der Waals surface area contributed by atoms with E-state index in [-0.39, 0.29) is 0 Å². The van der Waals surface area contributed by atoms with Crippen LogP contribution in [0, 0.1) is 0 Å². The molecule has 5 heteroatoms. The minimum absolute atomic E-state index is 0.908. The quantitative estimate of drug-likeness (QED) is 0.136. The molecule has 0 fully saturated rings. The number of fused-ring (bicyclic) bond motifs is 1. The van der Waals surface area contributed by atoms with Crippen molar-refractivity contribution in [2.24, 2.45) is 0 Å². The van der Waals surface area contributed by atoms with Gasteiger partial charge in [0.1, 0.15) is 5.82 Å². The summed E-state index contributed by atoms with van der Waals surface area (Å²) >= 11 is 0. The van der Waals surface area contributed by atoms with Crippen molar-refractivity contribution in [3.8, 4) is 22.8 Å². The Hall–Kier alpha value is -8.41. The molecule has 0 spiro atoms. The van der Waals surface area contributed by atoms with Crippen LogP contribution in [0.25, 0.3) is 66.4 Å². The van der Waals surface area contributed by atoms with Crippen LogP contribution < -0.4 is 9.80 Å². The van der Waals surface area contributed by atoms with Crippen LogP contribution in [0.1, 0.15) is 0 Å². The molecule has 0 aliphatic heterocycles. The maximum Gasteiger partial charge on any atom is 0.145 e. The molecule has 0 N–H and O–H groups in total. The number of hydrogen-bond donors (Lipinski definition) is 0. The van der Waals surface area contributed by atoms with E-state index in [4.69, 9.17) is 4.98 Å². The van der Waals surface area contributed by atoms with Gasteiger partial charge >= 0.3 is 0 Å². The lowest BCUT2D eigenvalue weighted by Crippen LogP contribution is -2.10. The van der Waals surface area contributed by atoms with Crippen molar-refractivity contribution in [1.82, 2.24) is 14.1 Å². The third-order valence-electron chi connectivity index (χ3n) is 12.0. The van der Waals surface area contributed by atoms with E-state index in [1.165, 1.54) is 21.5 Å². The van der Waals surface area contributed by atoms with E-state index in [9.17, 15) is 0 Å². The molecule has 0 saturated carbocycles. The molecule has 0 radical (unpaired) electrons. The highest BCUT2D eigenvalue weighted by molar-refractivity contribution is 6.26. The summed E-state index contributed by atoms with van der Waals surface area (Å²) in [6.07, 6.45) is 0. The zero-order chi connectivity index (χ0) is 41.0. The van der Waals surface area contributed by atoms with Crippen LogP contribution in [0.2, 0.25) is 0 Å². The van der Waals surface area contributed by atoms with E-state index in [2.05, 4.69) is 256 Å². The molecule has 12 rings (SSSR count). The summed E-state index contributed by atoms with van der Waals surface area (Å²) < 4.78 is 4.73. The fraction of sp³-hybridized carbons (Fsp3) is 0. The van der Waals surface area contributed by atoms with Gasteiger partial charge in [-0.2, -0.15) is 0 Å². The van der Waals surface area contributed by atoms with Gasteiger partial charge in [0.25, 0.3) is 0 Å². The Morgan fingerprint density at radius 1 is 0.306 bits per heavy atom. The molecule has 2 heterocycles. The van der Waals surface area contributed by atoms with Gasteiger partial charge in [-0.25, -0.2) is 4.98 Å². The monoisotopic (exact) mass is 793 g/mol. The number of rotatable bonds is 9. The summed E-state index contributed by atoms with van der Waals surface area (Å²) in [4.78, 5) is 9.91. The first-order chi connectivity index (χ1) is 30.8. The second-order valence-corrected chi connectivity index (χ2v) is 15.7. The van der Waals surface area contributed by atoms with Crippen LogP contribution in [0.5, 0.6) is 0 Å². The molecular formula is C57H39N5. The molecule has 292 valence electrons. The van der Waals surface area contributed by atoms with Gasteiger partial charge in [0.15, 0.2) is 0 Å². The highest BCUT2D eigenvalue weighted by Crippen LogP contribution is 2.47. The highest BCUT2D eigenvalue weighted by Gasteiger charge is 2.24. The van der Waals surface area contributed by atoms with Gasteiger partial charge in [-0.15, -0.1) is 0 Å². The number of hydrogen-bond acceptors (Lipinski definition) is 3. The van der Waals surface area contributed by atoms with Gasteiger partial charge in [-0.05, 0) is 132 Å². The number of para-hydroxylation sites is 7. The second kappa shape index (κ2) is 14.7. The van der Waals surface area contributed by atoms with Crippen LogP contribution >= 0.6 is 0 Å². The molecule has 0 amide bonds. The summed E-state index contributed by atoms with van der Waals surface area (Å²) in [5.41, 5.74) is 14.1. The summed E-state index contributed by atoms with van der Waals surface area (Å²) in [7, 11) is 0. The van der Waals surface area contributed by atoms with E-state index >= 15 is 0 Å².